The van der Waals surface area contributed by atoms with Gasteiger partial charge in [0.25, 0.3) is 5.91 Å². The molecule has 8 heteroatoms. The second-order valence-corrected chi connectivity index (χ2v) is 7.50. The van der Waals surface area contributed by atoms with Crippen LogP contribution in [-0.4, -0.2) is 16.8 Å². The molecule has 144 valence electrons. The summed E-state index contributed by atoms with van der Waals surface area (Å²) in [4.78, 5) is 28.6. The summed E-state index contributed by atoms with van der Waals surface area (Å²) in [5.74, 6) is 0.299. The second-order valence-electron chi connectivity index (χ2n) is 5.98. The first-order chi connectivity index (χ1) is 13.4. The van der Waals surface area contributed by atoms with E-state index in [0.717, 1.165) is 0 Å². The van der Waals surface area contributed by atoms with Gasteiger partial charge in [0.15, 0.2) is 0 Å². The van der Waals surface area contributed by atoms with E-state index in [-0.39, 0.29) is 18.4 Å². The van der Waals surface area contributed by atoms with Gasteiger partial charge in [0.2, 0.25) is 5.91 Å². The van der Waals surface area contributed by atoms with Gasteiger partial charge in [0.05, 0.1) is 5.69 Å². The van der Waals surface area contributed by atoms with Crippen LogP contribution in [-0.2, 0) is 11.4 Å². The van der Waals surface area contributed by atoms with Crippen LogP contribution < -0.4 is 15.4 Å². The average molecular weight is 416 g/mol. The van der Waals surface area contributed by atoms with Crippen molar-refractivity contribution in [1.82, 2.24) is 4.98 Å². The lowest BCUT2D eigenvalue weighted by atomic mass is 10.2. The topological polar surface area (TPSA) is 80.3 Å². The quantitative estimate of drug-likeness (QED) is 0.600. The number of ether oxygens (including phenoxy) is 1. The van der Waals surface area contributed by atoms with Crippen LogP contribution in [0.15, 0.2) is 48.5 Å². The molecule has 0 unspecified atom stereocenters. The first-order valence-electron chi connectivity index (χ1n) is 8.44. The molecular weight excluding hydrogens is 398 g/mol. The number of anilines is 2. The first kappa shape index (κ1) is 19.9. The zero-order chi connectivity index (χ0) is 20.1. The summed E-state index contributed by atoms with van der Waals surface area (Å²) in [5, 5.41) is 6.86. The molecule has 28 heavy (non-hydrogen) atoms. The molecule has 0 bridgehead atoms. The van der Waals surface area contributed by atoms with Crippen LogP contribution in [0.4, 0.5) is 11.4 Å². The predicted molar refractivity (Wildman–Crippen MR) is 111 cm³/mol. The molecule has 2 aromatic carbocycles. The summed E-state index contributed by atoms with van der Waals surface area (Å²) in [6.07, 6.45) is 0. The van der Waals surface area contributed by atoms with Crippen LogP contribution in [0.1, 0.15) is 27.3 Å². The number of carbonyl (C=O) groups is 2. The van der Waals surface area contributed by atoms with Crippen LogP contribution in [0, 0.1) is 6.92 Å². The van der Waals surface area contributed by atoms with Crippen molar-refractivity contribution in [3.63, 3.8) is 0 Å². The molecule has 0 atom stereocenters. The Bertz CT molecular complexity index is 985. The van der Waals surface area contributed by atoms with Crippen molar-refractivity contribution in [2.75, 3.05) is 10.6 Å². The zero-order valence-electron chi connectivity index (χ0n) is 15.3. The van der Waals surface area contributed by atoms with E-state index < -0.39 is 0 Å². The van der Waals surface area contributed by atoms with Gasteiger partial charge >= 0.3 is 0 Å². The number of hydrogen-bond acceptors (Lipinski definition) is 5. The Morgan fingerprint density at radius 2 is 1.64 bits per heavy atom. The molecule has 2 N–H and O–H groups in total. The number of rotatable bonds is 6. The van der Waals surface area contributed by atoms with Gasteiger partial charge in [-0.3, -0.25) is 9.59 Å². The van der Waals surface area contributed by atoms with E-state index in [2.05, 4.69) is 15.6 Å². The van der Waals surface area contributed by atoms with E-state index in [1.165, 1.54) is 18.3 Å². The normalized spacial score (nSPS) is 10.4. The molecule has 0 radical (unpaired) electrons. The van der Waals surface area contributed by atoms with Crippen LogP contribution in [0.25, 0.3) is 0 Å². The van der Waals surface area contributed by atoms with E-state index in [1.807, 2.05) is 0 Å². The summed E-state index contributed by atoms with van der Waals surface area (Å²) in [6.45, 7) is 3.50. The Balaban J connectivity index is 1.62. The van der Waals surface area contributed by atoms with E-state index in [0.29, 0.717) is 37.7 Å². The number of nitrogens with one attached hydrogen (secondary N) is 2. The lowest BCUT2D eigenvalue weighted by Gasteiger charge is -2.06. The lowest BCUT2D eigenvalue weighted by Crippen LogP contribution is -2.11. The molecule has 0 aliphatic heterocycles. The fourth-order valence-corrected chi connectivity index (χ4v) is 3.43. The highest BCUT2D eigenvalue weighted by Gasteiger charge is 2.16. The van der Waals surface area contributed by atoms with E-state index >= 15 is 0 Å². The van der Waals surface area contributed by atoms with Gasteiger partial charge in [0.1, 0.15) is 22.2 Å². The van der Waals surface area contributed by atoms with Crippen molar-refractivity contribution in [1.29, 1.82) is 0 Å². The number of aromatic nitrogens is 1. The fraction of sp³-hybridized carbons (Fsp3) is 0.150. The highest BCUT2D eigenvalue weighted by Crippen LogP contribution is 2.23. The Kier molecular flexibility index (Phi) is 6.28. The third-order valence-corrected chi connectivity index (χ3v) is 5.07. The lowest BCUT2D eigenvalue weighted by molar-refractivity contribution is -0.114. The number of amides is 2. The second kappa shape index (κ2) is 8.86. The molecule has 6 nitrogen and oxygen atoms in total. The van der Waals surface area contributed by atoms with E-state index in [4.69, 9.17) is 16.3 Å². The van der Waals surface area contributed by atoms with Gasteiger partial charge in [0, 0.05) is 23.3 Å². The Morgan fingerprint density at radius 1 is 1.04 bits per heavy atom. The molecule has 3 rings (SSSR count). The van der Waals surface area contributed by atoms with E-state index in [9.17, 15) is 9.59 Å². The highest BCUT2D eigenvalue weighted by atomic mass is 35.5. The van der Waals surface area contributed by atoms with Gasteiger partial charge in [-0.05, 0) is 55.5 Å². The molecule has 2 amide bonds. The van der Waals surface area contributed by atoms with Crippen molar-refractivity contribution >= 4 is 46.1 Å². The summed E-state index contributed by atoms with van der Waals surface area (Å²) in [5.41, 5.74) is 1.94. The van der Waals surface area contributed by atoms with Gasteiger partial charge in [-0.15, -0.1) is 11.3 Å². The SMILES string of the molecule is CC(=O)Nc1ccc(NC(=O)c2sc(COc3ccc(Cl)cc3)nc2C)cc1. The molecule has 3 aromatic rings. The molecule has 1 heterocycles. The van der Waals surface area contributed by atoms with E-state index in [1.54, 1.807) is 55.5 Å². The molecule has 0 fully saturated rings. The number of halogens is 1. The number of benzene rings is 2. The molecular formula is C20H18ClN3O3S. The van der Waals surface area contributed by atoms with Gasteiger partial charge < -0.3 is 15.4 Å². The smallest absolute Gasteiger partial charge is 0.267 e. The number of carbonyl (C=O) groups excluding carboxylic acids is 2. The number of aryl methyl sites for hydroxylation is 1. The predicted octanol–water partition coefficient (Wildman–Crippen LogP) is 4.89. The summed E-state index contributed by atoms with van der Waals surface area (Å²) < 4.78 is 5.68. The Labute approximate surface area is 171 Å². The van der Waals surface area contributed by atoms with Gasteiger partial charge in [-0.2, -0.15) is 0 Å². The van der Waals surface area contributed by atoms with Gasteiger partial charge in [-0.1, -0.05) is 11.6 Å². The Morgan fingerprint density at radius 3 is 2.25 bits per heavy atom. The summed E-state index contributed by atoms with van der Waals surface area (Å²) >= 11 is 7.15. The van der Waals surface area contributed by atoms with Crippen LogP contribution in [0.5, 0.6) is 5.75 Å². The number of nitrogens with zero attached hydrogens (tertiary/aromatic N) is 1. The van der Waals surface area contributed by atoms with Crippen molar-refractivity contribution in [3.05, 3.63) is 69.1 Å². The maximum atomic E-state index is 12.6. The fourth-order valence-electron chi connectivity index (χ4n) is 2.43. The molecule has 0 aliphatic carbocycles. The number of hydrogen-bond donors (Lipinski definition) is 2. The Hall–Kier alpha value is -2.90. The van der Waals surface area contributed by atoms with Crippen LogP contribution in [0.3, 0.4) is 0 Å². The molecule has 0 saturated carbocycles. The molecule has 0 spiro atoms. The van der Waals surface area contributed by atoms with Crippen molar-refractivity contribution in [3.8, 4) is 5.75 Å². The monoisotopic (exact) mass is 415 g/mol. The highest BCUT2D eigenvalue weighted by molar-refractivity contribution is 7.13. The molecule has 0 saturated heterocycles. The van der Waals surface area contributed by atoms with Crippen LogP contribution >= 0.6 is 22.9 Å². The third-order valence-electron chi connectivity index (χ3n) is 3.69. The van der Waals surface area contributed by atoms with Crippen molar-refractivity contribution in [2.24, 2.45) is 0 Å². The van der Waals surface area contributed by atoms with Gasteiger partial charge in [-0.25, -0.2) is 4.98 Å². The standard InChI is InChI=1S/C20H18ClN3O3S/c1-12-19(20(26)24-16-7-5-15(6-8-16)23-13(2)25)28-18(22-12)11-27-17-9-3-14(21)4-10-17/h3-10H,11H2,1-2H3,(H,23,25)(H,24,26). The maximum Gasteiger partial charge on any atom is 0.267 e. The summed E-state index contributed by atoms with van der Waals surface area (Å²) in [6, 6.07) is 14.0. The van der Waals surface area contributed by atoms with Crippen LogP contribution in [0.2, 0.25) is 5.02 Å². The zero-order valence-corrected chi connectivity index (χ0v) is 16.9. The minimum Gasteiger partial charge on any atom is -0.486 e. The third kappa shape index (κ3) is 5.31. The first-order valence-corrected chi connectivity index (χ1v) is 9.64. The van der Waals surface area contributed by atoms with Crippen molar-refractivity contribution in [2.45, 2.75) is 20.5 Å². The number of thiazole rings is 1. The van der Waals surface area contributed by atoms with Crippen molar-refractivity contribution < 1.29 is 14.3 Å². The molecule has 1 aromatic heterocycles. The minimum absolute atomic E-state index is 0.148. The summed E-state index contributed by atoms with van der Waals surface area (Å²) in [7, 11) is 0. The maximum absolute atomic E-state index is 12.6. The molecule has 0 aliphatic rings. The average Bonchev–Trinajstić information content (AvgIpc) is 3.03. The minimum atomic E-state index is -0.236. The largest absolute Gasteiger partial charge is 0.486 e.